The van der Waals surface area contributed by atoms with E-state index in [1.807, 2.05) is 84.9 Å². The van der Waals surface area contributed by atoms with Gasteiger partial charge in [0.05, 0.1) is 32.2 Å². The summed E-state index contributed by atoms with van der Waals surface area (Å²) in [5.74, 6) is 1.62. The van der Waals surface area contributed by atoms with Crippen LogP contribution in [-0.2, 0) is 4.74 Å². The number of hydrogen-bond donors (Lipinski definition) is 4. The average molecular weight is 1360 g/mol. The fourth-order valence-electron chi connectivity index (χ4n) is 11.8. The van der Waals surface area contributed by atoms with Crippen molar-refractivity contribution in [3.8, 4) is 46.0 Å². The van der Waals surface area contributed by atoms with Crippen LogP contribution in [0, 0.1) is 25.5 Å². The number of halogens is 2. The van der Waals surface area contributed by atoms with Gasteiger partial charge in [0.2, 0.25) is 0 Å². The van der Waals surface area contributed by atoms with Gasteiger partial charge in [0.15, 0.2) is 34.6 Å². The van der Waals surface area contributed by atoms with Gasteiger partial charge >= 0.3 is 12.1 Å². The lowest BCUT2D eigenvalue weighted by Gasteiger charge is -2.32. The summed E-state index contributed by atoms with van der Waals surface area (Å²) in [4.78, 5) is 60.6. The van der Waals surface area contributed by atoms with Gasteiger partial charge in [-0.3, -0.25) is 9.59 Å². The van der Waals surface area contributed by atoms with E-state index < -0.39 is 23.7 Å². The first-order chi connectivity index (χ1) is 47.4. The van der Waals surface area contributed by atoms with Crippen molar-refractivity contribution in [2.45, 2.75) is 164 Å². The summed E-state index contributed by atoms with van der Waals surface area (Å²) in [6, 6.07) is 29.3. The molecule has 532 valence electrons. The van der Waals surface area contributed by atoms with E-state index in [0.717, 1.165) is 113 Å². The molecule has 0 bridgehead atoms. The van der Waals surface area contributed by atoms with Gasteiger partial charge in [-0.25, -0.2) is 18.4 Å². The molecule has 4 N–H and O–H groups in total. The van der Waals surface area contributed by atoms with Gasteiger partial charge in [-0.05, 0) is 194 Å². The minimum absolute atomic E-state index is 0.00276. The normalized spacial score (nSPS) is 13.6. The van der Waals surface area contributed by atoms with E-state index in [9.17, 15) is 23.6 Å². The van der Waals surface area contributed by atoms with Crippen LogP contribution in [0.2, 0.25) is 0 Å². The van der Waals surface area contributed by atoms with Crippen LogP contribution in [0.3, 0.4) is 0 Å². The number of rotatable bonds is 32. The molecule has 6 aromatic rings. The van der Waals surface area contributed by atoms with Crippen LogP contribution in [0.4, 0.5) is 41.1 Å². The molecular formula is C77H104F2N8O11. The Kier molecular flexibility index (Phi) is 30.6. The van der Waals surface area contributed by atoms with E-state index >= 15 is 4.39 Å². The highest BCUT2D eigenvalue weighted by atomic mass is 19.1. The summed E-state index contributed by atoms with van der Waals surface area (Å²) < 4.78 is 70.9. The average Bonchev–Trinajstić information content (AvgIpc) is 0.847. The number of nitrogens with one attached hydrogen (secondary N) is 4. The van der Waals surface area contributed by atoms with Crippen molar-refractivity contribution in [3.63, 3.8) is 0 Å². The minimum atomic E-state index is -0.673. The Morgan fingerprint density at radius 2 is 0.888 bits per heavy atom. The molecule has 0 spiro atoms. The topological polar surface area (TPSA) is 194 Å². The summed E-state index contributed by atoms with van der Waals surface area (Å²) in [5, 5.41) is 10.7. The summed E-state index contributed by atoms with van der Waals surface area (Å²) in [5.41, 5.74) is 4.27. The summed E-state index contributed by atoms with van der Waals surface area (Å²) in [6.45, 7) is 25.9. The molecule has 0 atom stereocenters. The van der Waals surface area contributed by atoms with Gasteiger partial charge in [-0.2, -0.15) is 0 Å². The zero-order chi connectivity index (χ0) is 70.7. The van der Waals surface area contributed by atoms with Gasteiger partial charge in [-0.15, -0.1) is 0 Å². The maximum Gasteiger partial charge on any atom is 0.319 e. The lowest BCUT2D eigenvalue weighted by molar-refractivity contribution is 0.0968. The highest BCUT2D eigenvalue weighted by Gasteiger charge is 2.26. The van der Waals surface area contributed by atoms with Crippen LogP contribution in [0.15, 0.2) is 109 Å². The van der Waals surface area contributed by atoms with Crippen molar-refractivity contribution in [2.24, 2.45) is 0 Å². The molecule has 6 amide bonds. The number of methoxy groups -OCH3 is 3. The molecule has 19 nitrogen and oxygen atoms in total. The van der Waals surface area contributed by atoms with E-state index in [-0.39, 0.29) is 70.5 Å². The Labute approximate surface area is 579 Å². The third-order valence-electron chi connectivity index (χ3n) is 17.9. The lowest BCUT2D eigenvalue weighted by atomic mass is 10.1. The maximum absolute atomic E-state index is 15.0. The van der Waals surface area contributed by atoms with E-state index in [1.54, 1.807) is 65.4 Å². The number of unbranched alkanes of at least 4 members (excludes halogenated alkanes) is 2. The second kappa shape index (κ2) is 39.1. The summed E-state index contributed by atoms with van der Waals surface area (Å²) >= 11 is 0. The van der Waals surface area contributed by atoms with Gasteiger partial charge < -0.3 is 74.0 Å². The summed E-state index contributed by atoms with van der Waals surface area (Å²) in [6.07, 6.45) is 12.3. The van der Waals surface area contributed by atoms with Crippen LogP contribution in [0.5, 0.6) is 46.0 Å². The van der Waals surface area contributed by atoms with E-state index in [1.165, 1.54) is 64.2 Å². The van der Waals surface area contributed by atoms with Crippen molar-refractivity contribution >= 4 is 46.6 Å². The Hall–Kier alpha value is -8.66. The fraction of sp³-hybridized carbons (Fsp3) is 0.481. The molecule has 6 aromatic carbocycles. The number of likely N-dealkylation sites (tertiary alicyclic amines) is 2. The third kappa shape index (κ3) is 22.2. The van der Waals surface area contributed by atoms with Gasteiger partial charge in [0, 0.05) is 105 Å². The number of urea groups is 2. The fourth-order valence-corrected chi connectivity index (χ4v) is 11.8. The molecule has 21 heteroatoms. The van der Waals surface area contributed by atoms with Gasteiger partial charge in [0.25, 0.3) is 11.8 Å². The molecule has 2 aliphatic heterocycles. The molecule has 2 fully saturated rings. The van der Waals surface area contributed by atoms with Crippen molar-refractivity contribution in [3.05, 3.63) is 143 Å². The quantitative estimate of drug-likeness (QED) is 0.0312. The van der Waals surface area contributed by atoms with E-state index in [4.69, 9.17) is 33.2 Å². The molecule has 2 saturated heterocycles. The van der Waals surface area contributed by atoms with E-state index in [2.05, 4.69) is 44.9 Å². The van der Waals surface area contributed by atoms with Crippen LogP contribution in [0.25, 0.3) is 0 Å². The molecule has 98 heavy (non-hydrogen) atoms. The Balaban J connectivity index is 0.000000276. The number of piperidine rings is 2. The lowest BCUT2D eigenvalue weighted by Crippen LogP contribution is -2.38. The molecule has 0 aliphatic carbocycles. The number of nitrogens with zero attached hydrogens (tertiary/aromatic N) is 4. The number of anilines is 4. The molecular weight excluding hydrogens is 1250 g/mol. The van der Waals surface area contributed by atoms with Crippen LogP contribution >= 0.6 is 0 Å². The van der Waals surface area contributed by atoms with Crippen LogP contribution in [-0.4, -0.2) is 138 Å². The molecule has 8 rings (SSSR count). The predicted molar refractivity (Wildman–Crippen MR) is 385 cm³/mol. The first-order valence-corrected chi connectivity index (χ1v) is 35.0. The van der Waals surface area contributed by atoms with Crippen molar-refractivity contribution in [1.29, 1.82) is 0 Å². The molecule has 0 aromatic heterocycles. The number of aryl methyl sites for hydroxylation is 2. The second-order valence-corrected chi connectivity index (χ2v) is 24.9. The SMILES string of the molecule is CCCCN1CCC(Oc2ccc(C(=O)N(CC)c3ccc(Oc4cc(F)c(NC(=O)NC(CC)CC)cc4OC)cc3)cc2C)CC1.CCCCN1CCC(Oc2ccc(C(=O)N(CCOC)c3ccc(Oc4cc(F)c(NC(=O)NC(CC)CC)cc4OC)cc3)cc2C)CC1. The highest BCUT2D eigenvalue weighted by Crippen LogP contribution is 2.39. The van der Waals surface area contributed by atoms with Crippen LogP contribution < -0.4 is 59.5 Å². The standard InChI is InChI=1S/C39H53FN4O6.C38H51FN4O5/c1-7-10-19-43-20-17-32(18-21-43)49-35-16-11-28(24-27(35)4)38(45)44(22-23-47-5)30-12-14-31(15-13-30)50-37-25-33(40)34(26-36(37)48-6)42-39(46)41-29(8-2)9-3;1-7-11-20-42-21-18-31(19-22-42)47-34-17-12-27(23-26(34)5)37(44)43(10-4)29-13-15-30(16-14-29)48-36-24-32(39)33(25-35(36)46-6)41-38(45)40-28(8-2)9-3/h11-16,24-26,29,32H,7-10,17-23H2,1-6H3,(H2,41,42,46);12-17,23-25,28,31H,7-11,18-22H2,1-6H3,(H2,40,41,45). The Morgan fingerprint density at radius 3 is 1.23 bits per heavy atom. The first-order valence-electron chi connectivity index (χ1n) is 35.0. The van der Waals surface area contributed by atoms with E-state index in [0.29, 0.717) is 53.7 Å². The molecule has 2 aliphatic rings. The number of ether oxygens (including phenoxy) is 7. The second-order valence-electron chi connectivity index (χ2n) is 24.9. The highest BCUT2D eigenvalue weighted by molar-refractivity contribution is 6.07. The smallest absolute Gasteiger partial charge is 0.319 e. The van der Waals surface area contributed by atoms with Crippen molar-refractivity contribution < 1.29 is 61.1 Å². The molecule has 0 radical (unpaired) electrons. The monoisotopic (exact) mass is 1350 g/mol. The third-order valence-corrected chi connectivity index (χ3v) is 17.9. The minimum Gasteiger partial charge on any atom is -0.493 e. The zero-order valence-corrected chi connectivity index (χ0v) is 59.6. The summed E-state index contributed by atoms with van der Waals surface area (Å²) in [7, 11) is 4.48. The molecule has 2 heterocycles. The Bertz CT molecular complexity index is 3500. The maximum atomic E-state index is 15.0. The van der Waals surface area contributed by atoms with Crippen molar-refractivity contribution in [2.75, 3.05) is 101 Å². The number of benzene rings is 6. The predicted octanol–water partition coefficient (Wildman–Crippen LogP) is 16.7. The number of hydrogen-bond acceptors (Lipinski definition) is 13. The number of amides is 6. The zero-order valence-electron chi connectivity index (χ0n) is 59.6. The first kappa shape index (κ1) is 76.7. The largest absolute Gasteiger partial charge is 0.493 e. The van der Waals surface area contributed by atoms with Gasteiger partial charge in [-0.1, -0.05) is 54.4 Å². The van der Waals surface area contributed by atoms with Gasteiger partial charge in [0.1, 0.15) is 35.2 Å². The van der Waals surface area contributed by atoms with Crippen LogP contribution in [0.1, 0.15) is 157 Å². The molecule has 0 saturated carbocycles. The Morgan fingerprint density at radius 1 is 0.500 bits per heavy atom. The van der Waals surface area contributed by atoms with Crippen molar-refractivity contribution in [1.82, 2.24) is 20.4 Å². The molecule has 0 unspecified atom stereocenters. The number of carbonyl (C=O) groups is 4. The number of carbonyl (C=O) groups excluding carboxylic acids is 4.